The highest BCUT2D eigenvalue weighted by Crippen LogP contribution is 2.31. The molecule has 2 heterocycles. The Morgan fingerprint density at radius 3 is 2.73 bits per heavy atom. The zero-order chi connectivity index (χ0) is 18.3. The number of hydrogen-bond acceptors (Lipinski definition) is 5. The van der Waals surface area contributed by atoms with Gasteiger partial charge in [0.25, 0.3) is 11.6 Å². The second-order valence-electron chi connectivity index (χ2n) is 7.08. The number of amides is 1. The van der Waals surface area contributed by atoms with Crippen LogP contribution in [0.1, 0.15) is 34.5 Å². The second-order valence-corrected chi connectivity index (χ2v) is 7.08. The molecule has 1 aromatic carbocycles. The molecule has 4 rings (SSSR count). The number of fused-ring (bicyclic) bond motifs is 1. The summed E-state index contributed by atoms with van der Waals surface area (Å²) >= 11 is 0. The van der Waals surface area contributed by atoms with E-state index >= 15 is 0 Å². The van der Waals surface area contributed by atoms with Gasteiger partial charge < -0.3 is 15.6 Å². The number of rotatable bonds is 5. The molecule has 0 bridgehead atoms. The highest BCUT2D eigenvalue weighted by Gasteiger charge is 2.29. The first-order valence-electron chi connectivity index (χ1n) is 8.91. The van der Waals surface area contributed by atoms with E-state index in [1.54, 1.807) is 6.07 Å². The summed E-state index contributed by atoms with van der Waals surface area (Å²) in [5, 5.41) is 7.59. The van der Waals surface area contributed by atoms with Crippen LogP contribution in [-0.2, 0) is 0 Å². The van der Waals surface area contributed by atoms with Crippen molar-refractivity contribution in [2.24, 2.45) is 11.7 Å². The Labute approximate surface area is 151 Å². The van der Waals surface area contributed by atoms with Crippen LogP contribution in [0.25, 0.3) is 22.4 Å². The third kappa shape index (κ3) is 3.20. The Balaban J connectivity index is 1.70. The molecule has 0 aliphatic heterocycles. The predicted molar refractivity (Wildman–Crippen MR) is 99.7 cm³/mol. The molecule has 1 atom stereocenters. The third-order valence-corrected chi connectivity index (χ3v) is 4.93. The highest BCUT2D eigenvalue weighted by atomic mass is 16.5. The van der Waals surface area contributed by atoms with Gasteiger partial charge in [-0.15, -0.1) is 0 Å². The molecule has 1 fully saturated rings. The largest absolute Gasteiger partial charge is 0.350 e. The summed E-state index contributed by atoms with van der Waals surface area (Å²) < 4.78 is 5.33. The Kier molecular flexibility index (Phi) is 4.20. The monoisotopic (exact) mass is 350 g/mol. The van der Waals surface area contributed by atoms with Gasteiger partial charge in [0.15, 0.2) is 0 Å². The minimum atomic E-state index is -0.173. The number of nitrogens with two attached hydrogens (primary N) is 1. The molecule has 2 aromatic heterocycles. The van der Waals surface area contributed by atoms with Crippen LogP contribution in [0.4, 0.5) is 0 Å². The van der Waals surface area contributed by atoms with E-state index in [1.807, 2.05) is 38.1 Å². The van der Waals surface area contributed by atoms with Gasteiger partial charge in [0, 0.05) is 18.2 Å². The molecule has 1 aliphatic rings. The van der Waals surface area contributed by atoms with Gasteiger partial charge >= 0.3 is 0 Å². The van der Waals surface area contributed by atoms with Crippen LogP contribution in [0.5, 0.6) is 0 Å². The van der Waals surface area contributed by atoms with Crippen molar-refractivity contribution in [3.05, 3.63) is 47.2 Å². The number of carbonyl (C=O) groups is 1. The van der Waals surface area contributed by atoms with Crippen LogP contribution in [0, 0.1) is 19.8 Å². The number of hydrogen-bond donors (Lipinski definition) is 2. The summed E-state index contributed by atoms with van der Waals surface area (Å²) in [6.45, 7) is 4.31. The Morgan fingerprint density at radius 2 is 2.04 bits per heavy atom. The van der Waals surface area contributed by atoms with Crippen LogP contribution >= 0.6 is 0 Å². The molecule has 6 nitrogen and oxygen atoms in total. The molecule has 1 amide bonds. The normalized spacial score (nSPS) is 15.2. The Hall–Kier alpha value is -2.73. The molecule has 1 aliphatic carbocycles. The maximum atomic E-state index is 12.8. The summed E-state index contributed by atoms with van der Waals surface area (Å²) in [6.07, 6.45) is 2.30. The standard InChI is InChI=1S/C20H22N4O2/c1-11-3-5-14(6-4-11)17-9-15(18-12(2)24-26-20(18)23-17)19(25)22-10-16(21)13-7-8-13/h3-6,9,13,16H,7-8,10,21H2,1-2H3,(H,22,25). The van der Waals surface area contributed by atoms with E-state index in [4.69, 9.17) is 10.3 Å². The van der Waals surface area contributed by atoms with E-state index in [2.05, 4.69) is 15.5 Å². The van der Waals surface area contributed by atoms with Crippen LogP contribution in [-0.4, -0.2) is 28.6 Å². The zero-order valence-electron chi connectivity index (χ0n) is 15.0. The first-order chi connectivity index (χ1) is 12.5. The molecule has 1 saturated carbocycles. The van der Waals surface area contributed by atoms with Gasteiger partial charge in [0.05, 0.1) is 22.3 Å². The van der Waals surface area contributed by atoms with Gasteiger partial charge in [-0.25, -0.2) is 4.98 Å². The molecule has 26 heavy (non-hydrogen) atoms. The van der Waals surface area contributed by atoms with Crippen molar-refractivity contribution in [1.29, 1.82) is 0 Å². The van der Waals surface area contributed by atoms with Crippen molar-refractivity contribution in [3.8, 4) is 11.3 Å². The molecule has 0 saturated heterocycles. The predicted octanol–water partition coefficient (Wildman–Crippen LogP) is 2.97. The lowest BCUT2D eigenvalue weighted by Crippen LogP contribution is -2.38. The van der Waals surface area contributed by atoms with Crippen molar-refractivity contribution < 1.29 is 9.32 Å². The minimum Gasteiger partial charge on any atom is -0.350 e. The van der Waals surface area contributed by atoms with E-state index in [0.717, 1.165) is 24.0 Å². The summed E-state index contributed by atoms with van der Waals surface area (Å²) in [5.74, 6) is 0.362. The molecule has 0 spiro atoms. The van der Waals surface area contributed by atoms with Gasteiger partial charge in [-0.05, 0) is 38.7 Å². The summed E-state index contributed by atoms with van der Waals surface area (Å²) in [6, 6.07) is 9.81. The second kappa shape index (κ2) is 6.53. The Morgan fingerprint density at radius 1 is 1.31 bits per heavy atom. The maximum Gasteiger partial charge on any atom is 0.259 e. The molecule has 134 valence electrons. The fourth-order valence-corrected chi connectivity index (χ4v) is 3.14. The van der Waals surface area contributed by atoms with E-state index in [9.17, 15) is 4.79 Å². The van der Waals surface area contributed by atoms with Crippen molar-refractivity contribution >= 4 is 17.0 Å². The highest BCUT2D eigenvalue weighted by molar-refractivity contribution is 6.07. The first kappa shape index (κ1) is 16.7. The lowest BCUT2D eigenvalue weighted by atomic mass is 10.0. The van der Waals surface area contributed by atoms with Crippen molar-refractivity contribution in [3.63, 3.8) is 0 Å². The average Bonchev–Trinajstić information content (AvgIpc) is 3.43. The van der Waals surface area contributed by atoms with Crippen LogP contribution in [0.3, 0.4) is 0 Å². The molecular weight excluding hydrogens is 328 g/mol. The van der Waals surface area contributed by atoms with Crippen molar-refractivity contribution in [2.45, 2.75) is 32.7 Å². The summed E-state index contributed by atoms with van der Waals surface area (Å²) in [5.41, 5.74) is 10.4. The molecule has 0 radical (unpaired) electrons. The summed E-state index contributed by atoms with van der Waals surface area (Å²) in [7, 11) is 0. The van der Waals surface area contributed by atoms with Crippen molar-refractivity contribution in [2.75, 3.05) is 6.54 Å². The fourth-order valence-electron chi connectivity index (χ4n) is 3.14. The minimum absolute atomic E-state index is 0.0106. The number of nitrogens with zero attached hydrogens (tertiary/aromatic N) is 2. The fraction of sp³-hybridized carbons (Fsp3) is 0.350. The van der Waals surface area contributed by atoms with Gasteiger partial charge in [0.1, 0.15) is 0 Å². The average molecular weight is 350 g/mol. The molecule has 3 aromatic rings. The molecular formula is C20H22N4O2. The number of benzene rings is 1. The summed E-state index contributed by atoms with van der Waals surface area (Å²) in [4.78, 5) is 17.4. The number of aromatic nitrogens is 2. The molecule has 6 heteroatoms. The number of nitrogens with one attached hydrogen (secondary N) is 1. The lowest BCUT2D eigenvalue weighted by Gasteiger charge is -2.12. The van der Waals surface area contributed by atoms with E-state index in [1.165, 1.54) is 0 Å². The lowest BCUT2D eigenvalue weighted by molar-refractivity contribution is 0.0952. The Bertz CT molecular complexity index is 958. The van der Waals surface area contributed by atoms with Gasteiger partial charge in [-0.3, -0.25) is 4.79 Å². The smallest absolute Gasteiger partial charge is 0.259 e. The topological polar surface area (TPSA) is 94.0 Å². The zero-order valence-corrected chi connectivity index (χ0v) is 15.0. The SMILES string of the molecule is Cc1ccc(-c2cc(C(=O)NCC(N)C3CC3)c3c(C)noc3n2)cc1. The van der Waals surface area contributed by atoms with E-state index in [0.29, 0.717) is 40.5 Å². The first-order valence-corrected chi connectivity index (χ1v) is 8.91. The third-order valence-electron chi connectivity index (χ3n) is 4.93. The molecule has 1 unspecified atom stereocenters. The maximum absolute atomic E-state index is 12.8. The van der Waals surface area contributed by atoms with Crippen molar-refractivity contribution in [1.82, 2.24) is 15.5 Å². The number of aryl methyl sites for hydroxylation is 2. The number of pyridine rings is 1. The van der Waals surface area contributed by atoms with Gasteiger partial charge in [0.2, 0.25) is 0 Å². The van der Waals surface area contributed by atoms with E-state index < -0.39 is 0 Å². The number of carbonyl (C=O) groups excluding carboxylic acids is 1. The molecule has 3 N–H and O–H groups in total. The van der Waals surface area contributed by atoms with Crippen LogP contribution in [0.15, 0.2) is 34.9 Å². The van der Waals surface area contributed by atoms with Gasteiger partial charge in [-0.1, -0.05) is 35.0 Å². The van der Waals surface area contributed by atoms with E-state index in [-0.39, 0.29) is 11.9 Å². The quantitative estimate of drug-likeness (QED) is 0.738. The van der Waals surface area contributed by atoms with Crippen LogP contribution < -0.4 is 11.1 Å². The van der Waals surface area contributed by atoms with Crippen LogP contribution in [0.2, 0.25) is 0 Å². The van der Waals surface area contributed by atoms with Gasteiger partial charge in [-0.2, -0.15) is 0 Å².